The molecule has 0 unspecified atom stereocenters. The van der Waals surface area contributed by atoms with Crippen molar-refractivity contribution in [2.24, 2.45) is 0 Å². The van der Waals surface area contributed by atoms with Gasteiger partial charge in [0.25, 0.3) is 5.95 Å². The number of cyclic esters (lactones) is 1. The molecule has 3 rings (SSSR count). The summed E-state index contributed by atoms with van der Waals surface area (Å²) in [6, 6.07) is 4.71. The number of ether oxygens (including phenoxy) is 1. The normalized spacial score (nSPS) is 14.6. The molecule has 114 valence electrons. The van der Waals surface area contributed by atoms with Crippen LogP contribution in [0.2, 0.25) is 0 Å². The van der Waals surface area contributed by atoms with Crippen molar-refractivity contribution >= 4 is 17.9 Å². The number of amides is 1. The zero-order valence-electron chi connectivity index (χ0n) is 11.3. The molecular formula is C13H11F2N5O2. The van der Waals surface area contributed by atoms with Crippen LogP contribution in [-0.2, 0) is 4.74 Å². The highest BCUT2D eigenvalue weighted by Crippen LogP contribution is 2.23. The number of aromatic nitrogens is 3. The van der Waals surface area contributed by atoms with E-state index in [4.69, 9.17) is 4.74 Å². The predicted octanol–water partition coefficient (Wildman–Crippen LogP) is 2.32. The minimum absolute atomic E-state index is 0.160. The summed E-state index contributed by atoms with van der Waals surface area (Å²) in [6.45, 7) is 0.819. The molecule has 0 aliphatic carbocycles. The van der Waals surface area contributed by atoms with E-state index < -0.39 is 11.9 Å². The molecule has 1 amide bonds. The highest BCUT2D eigenvalue weighted by molar-refractivity contribution is 5.87. The van der Waals surface area contributed by atoms with Gasteiger partial charge in [-0.2, -0.15) is 5.54 Å². The van der Waals surface area contributed by atoms with E-state index in [1.165, 1.54) is 16.5 Å². The van der Waals surface area contributed by atoms with Gasteiger partial charge >= 0.3 is 6.09 Å². The van der Waals surface area contributed by atoms with Gasteiger partial charge in [0, 0.05) is 6.54 Å². The van der Waals surface area contributed by atoms with Crippen molar-refractivity contribution in [1.29, 1.82) is 0 Å². The number of carbonyl (C=O) groups is 1. The van der Waals surface area contributed by atoms with Crippen molar-refractivity contribution in [3.63, 3.8) is 0 Å². The lowest BCUT2D eigenvalue weighted by atomic mass is 10.2. The number of nitrogens with one attached hydrogen (secondary N) is 1. The first-order chi connectivity index (χ1) is 10.7. The van der Waals surface area contributed by atoms with Crippen LogP contribution < -0.4 is 10.4 Å². The number of halogens is 2. The molecule has 2 aromatic heterocycles. The molecule has 2 aromatic rings. The Morgan fingerprint density at radius 2 is 2.18 bits per heavy atom. The summed E-state index contributed by atoms with van der Waals surface area (Å²) in [5.41, 5.74) is 1.24. The summed E-state index contributed by atoms with van der Waals surface area (Å²) >= 11 is 0. The lowest BCUT2D eigenvalue weighted by Gasteiger charge is -2.25. The fraction of sp³-hybridized carbons (Fsp3) is 0.231. The van der Waals surface area contributed by atoms with Crippen molar-refractivity contribution in [1.82, 2.24) is 15.0 Å². The molecule has 9 heteroatoms. The lowest BCUT2D eigenvalue weighted by Crippen LogP contribution is -2.38. The second kappa shape index (κ2) is 5.88. The molecule has 0 spiro atoms. The van der Waals surface area contributed by atoms with Gasteiger partial charge in [0.05, 0.1) is 18.5 Å². The number of nitrogens with zero attached hydrogens (tertiary/aromatic N) is 4. The fourth-order valence-electron chi connectivity index (χ4n) is 2.06. The van der Waals surface area contributed by atoms with Crippen LogP contribution in [-0.4, -0.2) is 34.2 Å². The van der Waals surface area contributed by atoms with Gasteiger partial charge in [-0.15, -0.1) is 4.48 Å². The molecule has 7 nitrogen and oxygen atoms in total. The van der Waals surface area contributed by atoms with Crippen molar-refractivity contribution in [2.75, 3.05) is 23.6 Å². The summed E-state index contributed by atoms with van der Waals surface area (Å²) < 4.78 is 31.1. The predicted molar refractivity (Wildman–Crippen MR) is 73.3 cm³/mol. The zero-order chi connectivity index (χ0) is 15.5. The Morgan fingerprint density at radius 1 is 1.32 bits per heavy atom. The molecule has 0 radical (unpaired) electrons. The summed E-state index contributed by atoms with van der Waals surface area (Å²) in [7, 11) is 0. The minimum atomic E-state index is -0.745. The van der Waals surface area contributed by atoms with Crippen molar-refractivity contribution in [3.8, 4) is 11.4 Å². The van der Waals surface area contributed by atoms with Crippen LogP contribution in [0.4, 0.5) is 25.4 Å². The molecule has 22 heavy (non-hydrogen) atoms. The van der Waals surface area contributed by atoms with Gasteiger partial charge in [0.15, 0.2) is 5.82 Å². The van der Waals surface area contributed by atoms with E-state index in [2.05, 4.69) is 15.0 Å². The van der Waals surface area contributed by atoms with Gasteiger partial charge in [0.2, 0.25) is 0 Å². The maximum absolute atomic E-state index is 13.8. The maximum atomic E-state index is 13.8. The van der Waals surface area contributed by atoms with Crippen molar-refractivity contribution in [3.05, 3.63) is 30.2 Å². The number of rotatable bonds is 3. The third kappa shape index (κ3) is 2.65. The Labute approximate surface area is 123 Å². The third-order valence-corrected chi connectivity index (χ3v) is 3.05. The average molecular weight is 307 g/mol. The summed E-state index contributed by atoms with van der Waals surface area (Å²) in [5.74, 6) is -0.805. The Morgan fingerprint density at radius 3 is 2.95 bits per heavy atom. The van der Waals surface area contributed by atoms with Crippen LogP contribution >= 0.6 is 0 Å². The van der Waals surface area contributed by atoms with Crippen LogP contribution in [0, 0.1) is 5.82 Å². The number of hydrogen-bond donors (Lipinski definition) is 1. The van der Waals surface area contributed by atoms with E-state index in [-0.39, 0.29) is 17.3 Å². The zero-order valence-corrected chi connectivity index (χ0v) is 11.3. The van der Waals surface area contributed by atoms with E-state index in [1.807, 2.05) is 0 Å². The SMILES string of the molecule is O=C1OCCCN1c1cccc(-c2nc(NF)ncc2F)n1. The number of pyridine rings is 1. The standard InChI is InChI=1S/C13H11F2N5O2/c14-8-7-16-12(19-15)18-11(8)9-3-1-4-10(17-9)20-5-2-6-22-13(20)21/h1,3-4,7H,2,5-6H2,(H,16,18,19). The highest BCUT2D eigenvalue weighted by atomic mass is 19.2. The first kappa shape index (κ1) is 14.1. The Kier molecular flexibility index (Phi) is 3.77. The van der Waals surface area contributed by atoms with Crippen molar-refractivity contribution in [2.45, 2.75) is 6.42 Å². The molecule has 1 saturated heterocycles. The summed E-state index contributed by atoms with van der Waals surface area (Å²) in [4.78, 5) is 24.4. The van der Waals surface area contributed by atoms with Crippen molar-refractivity contribution < 1.29 is 18.4 Å². The summed E-state index contributed by atoms with van der Waals surface area (Å²) in [5, 5.41) is 0. The van der Waals surface area contributed by atoms with E-state index in [9.17, 15) is 13.7 Å². The van der Waals surface area contributed by atoms with Crippen LogP contribution in [0.1, 0.15) is 6.42 Å². The highest BCUT2D eigenvalue weighted by Gasteiger charge is 2.23. The minimum Gasteiger partial charge on any atom is -0.449 e. The third-order valence-electron chi connectivity index (χ3n) is 3.05. The van der Waals surface area contributed by atoms with Crippen LogP contribution in [0.5, 0.6) is 0 Å². The van der Waals surface area contributed by atoms with E-state index in [0.717, 1.165) is 6.20 Å². The Bertz CT molecular complexity index is 713. The van der Waals surface area contributed by atoms with Gasteiger partial charge in [-0.25, -0.2) is 24.1 Å². The van der Waals surface area contributed by atoms with Gasteiger partial charge in [-0.1, -0.05) is 6.07 Å². The molecule has 0 atom stereocenters. The fourth-order valence-corrected chi connectivity index (χ4v) is 2.06. The first-order valence-electron chi connectivity index (χ1n) is 6.50. The molecule has 3 heterocycles. The largest absolute Gasteiger partial charge is 0.449 e. The topological polar surface area (TPSA) is 80.2 Å². The second-order valence-electron chi connectivity index (χ2n) is 4.49. The van der Waals surface area contributed by atoms with Crippen LogP contribution in [0.25, 0.3) is 11.4 Å². The van der Waals surface area contributed by atoms with Gasteiger partial charge in [-0.3, -0.25) is 4.90 Å². The Hall–Kier alpha value is -2.84. The molecule has 1 fully saturated rings. The molecule has 0 bridgehead atoms. The maximum Gasteiger partial charge on any atom is 0.415 e. The molecule has 1 aliphatic heterocycles. The molecule has 1 N–H and O–H groups in total. The van der Waals surface area contributed by atoms with Crippen LogP contribution in [0.15, 0.2) is 24.4 Å². The quantitative estimate of drug-likeness (QED) is 0.877. The van der Waals surface area contributed by atoms with E-state index in [1.54, 1.807) is 12.1 Å². The number of anilines is 2. The molecule has 0 aromatic carbocycles. The molecular weight excluding hydrogens is 296 g/mol. The number of carbonyl (C=O) groups excluding carboxylic acids is 1. The van der Waals surface area contributed by atoms with Gasteiger partial charge < -0.3 is 4.74 Å². The van der Waals surface area contributed by atoms with Crippen LogP contribution in [0.3, 0.4) is 0 Å². The lowest BCUT2D eigenvalue weighted by molar-refractivity contribution is 0.140. The Balaban J connectivity index is 1.99. The van der Waals surface area contributed by atoms with E-state index in [0.29, 0.717) is 25.4 Å². The average Bonchev–Trinajstić information content (AvgIpc) is 2.56. The monoisotopic (exact) mass is 307 g/mol. The molecule has 0 saturated carbocycles. The van der Waals surface area contributed by atoms with Gasteiger partial charge in [0.1, 0.15) is 11.5 Å². The van der Waals surface area contributed by atoms with Gasteiger partial charge in [-0.05, 0) is 18.6 Å². The first-order valence-corrected chi connectivity index (χ1v) is 6.50. The van der Waals surface area contributed by atoms with E-state index >= 15 is 0 Å². The summed E-state index contributed by atoms with van der Waals surface area (Å²) in [6.07, 6.45) is 1.01. The smallest absolute Gasteiger partial charge is 0.415 e. The number of hydrogen-bond acceptors (Lipinski definition) is 6. The second-order valence-corrected chi connectivity index (χ2v) is 4.49. The molecule has 1 aliphatic rings.